The second kappa shape index (κ2) is 7.54. The van der Waals surface area contributed by atoms with Crippen LogP contribution in [0, 0.1) is 11.8 Å². The van der Waals surface area contributed by atoms with Gasteiger partial charge >= 0.3 is 0 Å². The van der Waals surface area contributed by atoms with Gasteiger partial charge in [-0.05, 0) is 29.5 Å². The summed E-state index contributed by atoms with van der Waals surface area (Å²) in [5.74, 6) is 1.55. The lowest BCUT2D eigenvalue weighted by atomic mass is 10.1. The van der Waals surface area contributed by atoms with Gasteiger partial charge < -0.3 is 4.90 Å². The second-order valence-corrected chi connectivity index (χ2v) is 6.10. The van der Waals surface area contributed by atoms with Gasteiger partial charge in [-0.15, -0.1) is 11.6 Å². The largest absolute Gasteiger partial charge is 0.338 e. The number of nitrogens with zero attached hydrogens (tertiary/aromatic N) is 1. The molecule has 0 saturated heterocycles. The number of hydrogen-bond acceptors (Lipinski definition) is 1. The molecule has 1 aromatic carbocycles. The Balaban J connectivity index is 2.84. The van der Waals surface area contributed by atoms with Crippen LogP contribution in [0.25, 0.3) is 0 Å². The summed E-state index contributed by atoms with van der Waals surface area (Å²) in [5, 5.41) is 0. The first-order valence-electron chi connectivity index (χ1n) is 6.88. The van der Waals surface area contributed by atoms with Crippen molar-refractivity contribution < 1.29 is 4.79 Å². The standard InChI is InChI=1S/C16H24ClNO/c1-12(2)10-18(11-13(3)4)16(19)15-7-5-14(9-17)6-8-15/h5-8,12-13H,9-11H2,1-4H3. The molecular formula is C16H24ClNO. The van der Waals surface area contributed by atoms with Crippen molar-refractivity contribution in [3.63, 3.8) is 0 Å². The highest BCUT2D eigenvalue weighted by Gasteiger charge is 2.17. The van der Waals surface area contributed by atoms with Crippen LogP contribution in [0.4, 0.5) is 0 Å². The van der Waals surface area contributed by atoms with Crippen molar-refractivity contribution >= 4 is 17.5 Å². The van der Waals surface area contributed by atoms with E-state index in [0.717, 1.165) is 24.2 Å². The van der Waals surface area contributed by atoms with E-state index in [1.54, 1.807) is 0 Å². The van der Waals surface area contributed by atoms with Gasteiger partial charge in [0, 0.05) is 24.5 Å². The van der Waals surface area contributed by atoms with Crippen LogP contribution in [0.3, 0.4) is 0 Å². The van der Waals surface area contributed by atoms with Gasteiger partial charge in [0.15, 0.2) is 0 Å². The maximum Gasteiger partial charge on any atom is 0.253 e. The van der Waals surface area contributed by atoms with Crippen molar-refractivity contribution in [2.24, 2.45) is 11.8 Å². The fourth-order valence-electron chi connectivity index (χ4n) is 2.04. The zero-order chi connectivity index (χ0) is 14.4. The molecule has 106 valence electrons. The number of carbonyl (C=O) groups is 1. The molecule has 0 radical (unpaired) electrons. The molecule has 0 N–H and O–H groups in total. The third-order valence-electron chi connectivity index (χ3n) is 2.81. The van der Waals surface area contributed by atoms with Gasteiger partial charge in [0.2, 0.25) is 0 Å². The van der Waals surface area contributed by atoms with Crippen molar-refractivity contribution in [2.45, 2.75) is 33.6 Å². The predicted molar refractivity (Wildman–Crippen MR) is 81.6 cm³/mol. The van der Waals surface area contributed by atoms with E-state index in [1.165, 1.54) is 0 Å². The van der Waals surface area contributed by atoms with Gasteiger partial charge in [0.25, 0.3) is 5.91 Å². The smallest absolute Gasteiger partial charge is 0.253 e. The maximum absolute atomic E-state index is 12.5. The molecule has 0 aliphatic carbocycles. The predicted octanol–water partition coefficient (Wildman–Crippen LogP) is 4.18. The van der Waals surface area contributed by atoms with Gasteiger partial charge in [0.1, 0.15) is 0 Å². The first-order valence-corrected chi connectivity index (χ1v) is 7.41. The van der Waals surface area contributed by atoms with Gasteiger partial charge in [-0.3, -0.25) is 4.79 Å². The molecule has 0 aliphatic heterocycles. The van der Waals surface area contributed by atoms with Crippen LogP contribution < -0.4 is 0 Å². The van der Waals surface area contributed by atoms with Gasteiger partial charge in [0.05, 0.1) is 0 Å². The molecule has 1 amide bonds. The minimum Gasteiger partial charge on any atom is -0.338 e. The SMILES string of the molecule is CC(C)CN(CC(C)C)C(=O)c1ccc(CCl)cc1. The zero-order valence-corrected chi connectivity index (χ0v) is 13.1. The van der Waals surface area contributed by atoms with Crippen LogP contribution in [-0.2, 0) is 5.88 Å². The van der Waals surface area contributed by atoms with Crippen LogP contribution in [0.2, 0.25) is 0 Å². The van der Waals surface area contributed by atoms with E-state index in [1.807, 2.05) is 29.2 Å². The number of hydrogen-bond donors (Lipinski definition) is 0. The van der Waals surface area contributed by atoms with Gasteiger partial charge in [-0.1, -0.05) is 39.8 Å². The van der Waals surface area contributed by atoms with E-state index >= 15 is 0 Å². The Morgan fingerprint density at radius 3 is 1.89 bits per heavy atom. The summed E-state index contributed by atoms with van der Waals surface area (Å²) in [7, 11) is 0. The Kier molecular flexibility index (Phi) is 6.36. The summed E-state index contributed by atoms with van der Waals surface area (Å²) < 4.78 is 0. The Bertz CT molecular complexity index is 388. The molecule has 0 aliphatic rings. The van der Waals surface area contributed by atoms with E-state index in [9.17, 15) is 4.79 Å². The van der Waals surface area contributed by atoms with Gasteiger partial charge in [-0.25, -0.2) is 0 Å². The second-order valence-electron chi connectivity index (χ2n) is 5.83. The number of amides is 1. The zero-order valence-electron chi connectivity index (χ0n) is 12.3. The third kappa shape index (κ3) is 5.23. The molecule has 0 atom stereocenters. The highest BCUT2D eigenvalue weighted by atomic mass is 35.5. The lowest BCUT2D eigenvalue weighted by Gasteiger charge is -2.26. The molecule has 0 bridgehead atoms. The molecule has 0 fully saturated rings. The topological polar surface area (TPSA) is 20.3 Å². The fraction of sp³-hybridized carbons (Fsp3) is 0.562. The lowest BCUT2D eigenvalue weighted by molar-refractivity contribution is 0.0715. The Morgan fingerprint density at radius 2 is 1.53 bits per heavy atom. The Hall–Kier alpha value is -1.02. The number of benzene rings is 1. The summed E-state index contributed by atoms with van der Waals surface area (Å²) in [4.78, 5) is 14.5. The molecule has 0 unspecified atom stereocenters. The number of rotatable bonds is 6. The average Bonchev–Trinajstić information content (AvgIpc) is 2.36. The molecule has 1 rings (SSSR count). The molecular weight excluding hydrogens is 258 g/mol. The third-order valence-corrected chi connectivity index (χ3v) is 3.12. The van der Waals surface area contributed by atoms with E-state index < -0.39 is 0 Å². The van der Waals surface area contributed by atoms with Crippen LogP contribution in [0.5, 0.6) is 0 Å². The van der Waals surface area contributed by atoms with E-state index in [2.05, 4.69) is 27.7 Å². The minimum absolute atomic E-state index is 0.114. The summed E-state index contributed by atoms with van der Waals surface area (Å²) in [6.45, 7) is 10.1. The first kappa shape index (κ1) is 16.0. The first-order chi connectivity index (χ1) is 8.93. The molecule has 19 heavy (non-hydrogen) atoms. The summed E-state index contributed by atoms with van der Waals surface area (Å²) in [5.41, 5.74) is 1.78. The van der Waals surface area contributed by atoms with Crippen molar-refractivity contribution in [3.8, 4) is 0 Å². The Morgan fingerprint density at radius 1 is 1.05 bits per heavy atom. The molecule has 0 spiro atoms. The molecule has 0 aromatic heterocycles. The molecule has 1 aromatic rings. The van der Waals surface area contributed by atoms with Crippen molar-refractivity contribution in [1.29, 1.82) is 0 Å². The summed E-state index contributed by atoms with van der Waals surface area (Å²) in [6, 6.07) is 7.58. The van der Waals surface area contributed by atoms with Crippen molar-refractivity contribution in [2.75, 3.05) is 13.1 Å². The molecule has 0 heterocycles. The highest BCUT2D eigenvalue weighted by molar-refractivity contribution is 6.17. The summed E-state index contributed by atoms with van der Waals surface area (Å²) >= 11 is 5.76. The van der Waals surface area contributed by atoms with Gasteiger partial charge in [-0.2, -0.15) is 0 Å². The normalized spacial score (nSPS) is 11.1. The number of halogens is 1. The lowest BCUT2D eigenvalue weighted by Crippen LogP contribution is -2.37. The minimum atomic E-state index is 0.114. The Labute approximate surface area is 121 Å². The van der Waals surface area contributed by atoms with Crippen LogP contribution in [0.1, 0.15) is 43.6 Å². The van der Waals surface area contributed by atoms with Crippen LogP contribution >= 0.6 is 11.6 Å². The van der Waals surface area contributed by atoms with E-state index in [0.29, 0.717) is 17.7 Å². The van der Waals surface area contributed by atoms with Crippen molar-refractivity contribution in [3.05, 3.63) is 35.4 Å². The summed E-state index contributed by atoms with van der Waals surface area (Å²) in [6.07, 6.45) is 0. The molecule has 0 saturated carbocycles. The maximum atomic E-state index is 12.5. The number of carbonyl (C=O) groups excluding carboxylic acids is 1. The van der Waals surface area contributed by atoms with E-state index in [4.69, 9.17) is 11.6 Å². The quantitative estimate of drug-likeness (QED) is 0.716. The highest BCUT2D eigenvalue weighted by Crippen LogP contribution is 2.12. The van der Waals surface area contributed by atoms with Crippen molar-refractivity contribution in [1.82, 2.24) is 4.90 Å². The van der Waals surface area contributed by atoms with E-state index in [-0.39, 0.29) is 5.91 Å². The average molecular weight is 282 g/mol. The number of alkyl halides is 1. The fourth-order valence-corrected chi connectivity index (χ4v) is 2.22. The molecule has 2 nitrogen and oxygen atoms in total. The monoisotopic (exact) mass is 281 g/mol. The molecule has 3 heteroatoms. The van der Waals surface area contributed by atoms with Crippen LogP contribution in [-0.4, -0.2) is 23.9 Å². The van der Waals surface area contributed by atoms with Crippen LogP contribution in [0.15, 0.2) is 24.3 Å².